The highest BCUT2D eigenvalue weighted by Gasteiger charge is 2.24. The summed E-state index contributed by atoms with van der Waals surface area (Å²) in [5, 5.41) is 0. The van der Waals surface area contributed by atoms with E-state index < -0.39 is 0 Å². The van der Waals surface area contributed by atoms with Gasteiger partial charge in [-0.1, -0.05) is 42.5 Å². The van der Waals surface area contributed by atoms with Crippen LogP contribution in [0, 0.1) is 0 Å². The Balaban J connectivity index is 1.46. The number of carbonyl (C=O) groups is 1. The number of fused-ring (bicyclic) bond motifs is 1. The summed E-state index contributed by atoms with van der Waals surface area (Å²) in [5.74, 6) is 0.934. The molecule has 4 nitrogen and oxygen atoms in total. The summed E-state index contributed by atoms with van der Waals surface area (Å²) in [6.07, 6.45) is 8.01. The van der Waals surface area contributed by atoms with E-state index in [9.17, 15) is 4.79 Å². The highest BCUT2D eigenvalue weighted by molar-refractivity contribution is 7.21. The van der Waals surface area contributed by atoms with Gasteiger partial charge in [0.1, 0.15) is 17.2 Å². The van der Waals surface area contributed by atoms with E-state index in [4.69, 9.17) is 9.47 Å². The van der Waals surface area contributed by atoms with Crippen LogP contribution in [-0.2, 0) is 11.3 Å². The van der Waals surface area contributed by atoms with Crippen molar-refractivity contribution in [1.82, 2.24) is 4.98 Å². The highest BCUT2D eigenvalue weighted by Crippen LogP contribution is 2.43. The zero-order chi connectivity index (χ0) is 22.6. The molecule has 33 heavy (non-hydrogen) atoms. The Labute approximate surface area is 197 Å². The quantitative estimate of drug-likeness (QED) is 0.231. The molecule has 0 saturated carbocycles. The molecule has 2 heterocycles. The van der Waals surface area contributed by atoms with Crippen molar-refractivity contribution in [2.24, 2.45) is 0 Å². The van der Waals surface area contributed by atoms with E-state index in [1.807, 2.05) is 43.3 Å². The molecule has 1 unspecified atom stereocenters. The minimum absolute atomic E-state index is 0.251. The van der Waals surface area contributed by atoms with Gasteiger partial charge in [-0.05, 0) is 67.6 Å². The molecular weight excluding hydrogens is 430 g/mol. The summed E-state index contributed by atoms with van der Waals surface area (Å²) in [7, 11) is 0. The Morgan fingerprint density at radius 2 is 1.94 bits per heavy atom. The number of benzene rings is 2. The lowest BCUT2D eigenvalue weighted by molar-refractivity contribution is 0.0532. The fourth-order valence-corrected chi connectivity index (χ4v) is 5.52. The summed E-state index contributed by atoms with van der Waals surface area (Å²) < 4.78 is 12.3. The van der Waals surface area contributed by atoms with E-state index >= 15 is 0 Å². The Bertz CT molecular complexity index is 1270. The van der Waals surface area contributed by atoms with Gasteiger partial charge in [-0.25, -0.2) is 4.79 Å². The molecule has 2 aromatic carbocycles. The number of esters is 1. The maximum atomic E-state index is 12.3. The maximum absolute atomic E-state index is 12.3. The second-order valence-electron chi connectivity index (χ2n) is 8.25. The minimum atomic E-state index is -0.251. The molecule has 1 N–H and O–H groups in total. The molecule has 0 radical (unpaired) electrons. The lowest BCUT2D eigenvalue weighted by Crippen LogP contribution is -2.02. The van der Waals surface area contributed by atoms with E-state index in [2.05, 4.69) is 41.4 Å². The first kappa shape index (κ1) is 21.5. The van der Waals surface area contributed by atoms with E-state index in [0.29, 0.717) is 24.0 Å². The van der Waals surface area contributed by atoms with Gasteiger partial charge in [0.25, 0.3) is 0 Å². The molecule has 0 bridgehead atoms. The van der Waals surface area contributed by atoms with Gasteiger partial charge in [0.2, 0.25) is 0 Å². The van der Waals surface area contributed by atoms with Crippen LogP contribution in [0.2, 0.25) is 0 Å². The first-order valence-corrected chi connectivity index (χ1v) is 12.3. The number of hydrogen-bond donors (Lipinski definition) is 1. The molecule has 5 heteroatoms. The van der Waals surface area contributed by atoms with Gasteiger partial charge in [0.15, 0.2) is 0 Å². The van der Waals surface area contributed by atoms with Gasteiger partial charge >= 0.3 is 5.97 Å². The third kappa shape index (κ3) is 4.60. The number of aromatic nitrogens is 1. The first-order valence-electron chi connectivity index (χ1n) is 11.5. The molecule has 1 atom stereocenters. The number of thiophene rings is 1. The molecule has 5 rings (SSSR count). The fourth-order valence-electron chi connectivity index (χ4n) is 4.40. The molecule has 168 valence electrons. The lowest BCUT2D eigenvalue weighted by atomic mass is 9.88. The number of allylic oxidation sites excluding steroid dienone is 2. The monoisotopic (exact) mass is 457 g/mol. The van der Waals surface area contributed by atoms with Crippen LogP contribution in [0.5, 0.6) is 5.75 Å². The van der Waals surface area contributed by atoms with Gasteiger partial charge < -0.3 is 14.5 Å². The van der Waals surface area contributed by atoms with Gasteiger partial charge in [-0.3, -0.25) is 0 Å². The minimum Gasteiger partial charge on any atom is -0.489 e. The Morgan fingerprint density at radius 1 is 1.12 bits per heavy atom. The molecule has 2 aromatic heterocycles. The lowest BCUT2D eigenvalue weighted by Gasteiger charge is -2.18. The van der Waals surface area contributed by atoms with Crippen LogP contribution in [0.1, 0.15) is 52.9 Å². The van der Waals surface area contributed by atoms with Crippen molar-refractivity contribution >= 4 is 27.5 Å². The van der Waals surface area contributed by atoms with E-state index in [-0.39, 0.29) is 5.97 Å². The van der Waals surface area contributed by atoms with Gasteiger partial charge in [-0.2, -0.15) is 0 Å². The fraction of sp³-hybridized carbons (Fsp3) is 0.250. The predicted octanol–water partition coefficient (Wildman–Crippen LogP) is 7.48. The number of rotatable bonds is 7. The molecule has 0 spiro atoms. The van der Waals surface area contributed by atoms with Gasteiger partial charge in [0, 0.05) is 11.5 Å². The smallest absolute Gasteiger partial charge is 0.348 e. The van der Waals surface area contributed by atoms with Crippen molar-refractivity contribution in [3.8, 4) is 17.0 Å². The Hall–Kier alpha value is -3.31. The third-order valence-corrected chi connectivity index (χ3v) is 7.15. The largest absolute Gasteiger partial charge is 0.489 e. The predicted molar refractivity (Wildman–Crippen MR) is 134 cm³/mol. The van der Waals surface area contributed by atoms with Crippen molar-refractivity contribution in [1.29, 1.82) is 0 Å². The summed E-state index contributed by atoms with van der Waals surface area (Å²) in [6.45, 7) is 2.76. The number of H-pyrrole nitrogens is 1. The zero-order valence-electron chi connectivity index (χ0n) is 18.7. The maximum Gasteiger partial charge on any atom is 0.348 e. The normalized spacial score (nSPS) is 15.6. The molecule has 1 aliphatic carbocycles. The van der Waals surface area contributed by atoms with E-state index in [1.54, 1.807) is 0 Å². The topological polar surface area (TPSA) is 51.3 Å². The van der Waals surface area contributed by atoms with E-state index in [0.717, 1.165) is 45.6 Å². The van der Waals surface area contributed by atoms with Crippen molar-refractivity contribution in [2.45, 2.75) is 38.7 Å². The second kappa shape index (κ2) is 9.67. The summed E-state index contributed by atoms with van der Waals surface area (Å²) in [6, 6.07) is 20.4. The zero-order valence-corrected chi connectivity index (χ0v) is 19.5. The second-order valence-corrected chi connectivity index (χ2v) is 9.30. The van der Waals surface area contributed by atoms with Crippen LogP contribution in [0.15, 0.2) is 72.8 Å². The number of aromatic amines is 1. The summed E-state index contributed by atoms with van der Waals surface area (Å²) in [4.78, 5) is 16.6. The highest BCUT2D eigenvalue weighted by atomic mass is 32.1. The number of carbonyl (C=O) groups excluding carboxylic acids is 1. The molecule has 1 aliphatic rings. The summed E-state index contributed by atoms with van der Waals surface area (Å²) in [5.41, 5.74) is 5.67. The average Bonchev–Trinajstić information content (AvgIpc) is 3.43. The first-order chi connectivity index (χ1) is 16.2. The van der Waals surface area contributed by atoms with Gasteiger partial charge in [-0.15, -0.1) is 11.3 Å². The number of nitrogens with one attached hydrogen (secondary N) is 1. The van der Waals surface area contributed by atoms with Crippen molar-refractivity contribution in [2.75, 3.05) is 6.61 Å². The van der Waals surface area contributed by atoms with E-state index in [1.165, 1.54) is 23.3 Å². The van der Waals surface area contributed by atoms with Crippen molar-refractivity contribution in [3.05, 3.63) is 88.8 Å². The molecule has 0 amide bonds. The van der Waals surface area contributed by atoms with Crippen LogP contribution in [-0.4, -0.2) is 17.6 Å². The Kier molecular flexibility index (Phi) is 6.31. The molecule has 0 fully saturated rings. The summed E-state index contributed by atoms with van der Waals surface area (Å²) >= 11 is 1.53. The molecule has 0 aliphatic heterocycles. The van der Waals surface area contributed by atoms with Crippen LogP contribution in [0.4, 0.5) is 0 Å². The van der Waals surface area contributed by atoms with Gasteiger partial charge in [0.05, 0.1) is 22.5 Å². The molecule has 0 saturated heterocycles. The number of hydrogen-bond acceptors (Lipinski definition) is 4. The van der Waals surface area contributed by atoms with Crippen LogP contribution >= 0.6 is 11.3 Å². The van der Waals surface area contributed by atoms with Crippen LogP contribution < -0.4 is 4.74 Å². The number of ether oxygens (including phenoxy) is 2. The van der Waals surface area contributed by atoms with Crippen molar-refractivity contribution < 1.29 is 14.3 Å². The molecule has 4 aromatic rings. The van der Waals surface area contributed by atoms with Crippen molar-refractivity contribution in [3.63, 3.8) is 0 Å². The standard InChI is InChI=1S/C28H27NO3S/c1-2-31-28(30)24-17-23-27(33-24)25(20-11-7-4-8-12-20)26(29-23)21-13-15-22(16-14-21)32-18-19-9-5-3-6-10-19/h3,5-7,9-11,13-17,20,29H,2,4,8,12,18H2,1H3. The van der Waals surface area contributed by atoms with Crippen LogP contribution in [0.3, 0.4) is 0 Å². The molecular formula is C28H27NO3S. The Morgan fingerprint density at radius 3 is 2.67 bits per heavy atom. The van der Waals surface area contributed by atoms with Crippen LogP contribution in [0.25, 0.3) is 21.5 Å². The average molecular weight is 458 g/mol. The SMILES string of the molecule is CCOC(=O)c1cc2[nH]c(-c3ccc(OCc4ccccc4)cc3)c(C3C=CCCC3)c2s1. The third-order valence-electron chi connectivity index (χ3n) is 6.00.